The molecular formula is C17H27FN2. The van der Waals surface area contributed by atoms with Crippen LogP contribution < -0.4 is 5.32 Å². The van der Waals surface area contributed by atoms with Crippen LogP contribution in [-0.4, -0.2) is 31.1 Å². The fourth-order valence-electron chi connectivity index (χ4n) is 3.02. The van der Waals surface area contributed by atoms with Crippen molar-refractivity contribution in [3.63, 3.8) is 0 Å². The zero-order chi connectivity index (χ0) is 14.4. The fourth-order valence-corrected chi connectivity index (χ4v) is 3.02. The first-order chi connectivity index (χ1) is 9.72. The Hall–Kier alpha value is -0.930. The number of hydrogen-bond donors (Lipinski definition) is 1. The van der Waals surface area contributed by atoms with Gasteiger partial charge in [-0.2, -0.15) is 0 Å². The second-order valence-electron chi connectivity index (χ2n) is 5.82. The van der Waals surface area contributed by atoms with E-state index in [-0.39, 0.29) is 11.9 Å². The minimum atomic E-state index is -0.0370. The number of benzene rings is 1. The molecule has 1 fully saturated rings. The van der Waals surface area contributed by atoms with E-state index in [0.717, 1.165) is 43.7 Å². The molecule has 0 amide bonds. The van der Waals surface area contributed by atoms with Crippen molar-refractivity contribution in [3.05, 3.63) is 35.1 Å². The Bertz CT molecular complexity index is 413. The van der Waals surface area contributed by atoms with Gasteiger partial charge in [-0.25, -0.2) is 4.39 Å². The first-order valence-corrected chi connectivity index (χ1v) is 7.93. The molecule has 3 heteroatoms. The number of piperazine rings is 1. The van der Waals surface area contributed by atoms with E-state index in [2.05, 4.69) is 17.1 Å². The molecule has 20 heavy (non-hydrogen) atoms. The normalized spacial score (nSPS) is 18.1. The number of aryl methyl sites for hydroxylation is 1. The highest BCUT2D eigenvalue weighted by Gasteiger charge is 2.24. The third kappa shape index (κ3) is 4.03. The van der Waals surface area contributed by atoms with Crippen molar-refractivity contribution in [2.24, 2.45) is 0 Å². The van der Waals surface area contributed by atoms with Crippen molar-refractivity contribution in [1.82, 2.24) is 10.2 Å². The van der Waals surface area contributed by atoms with Crippen molar-refractivity contribution < 1.29 is 4.39 Å². The van der Waals surface area contributed by atoms with Gasteiger partial charge in [-0.3, -0.25) is 4.90 Å². The molecule has 0 aromatic heterocycles. The van der Waals surface area contributed by atoms with Gasteiger partial charge >= 0.3 is 0 Å². The second-order valence-corrected chi connectivity index (χ2v) is 5.82. The Balaban J connectivity index is 2.15. The summed E-state index contributed by atoms with van der Waals surface area (Å²) in [6.45, 7) is 8.22. The van der Waals surface area contributed by atoms with Crippen LogP contribution in [-0.2, 0) is 0 Å². The van der Waals surface area contributed by atoms with Crippen molar-refractivity contribution in [1.29, 1.82) is 0 Å². The Kier molecular flexibility index (Phi) is 5.99. The maximum Gasteiger partial charge on any atom is 0.128 e. The highest BCUT2D eigenvalue weighted by Crippen LogP contribution is 2.29. The summed E-state index contributed by atoms with van der Waals surface area (Å²) in [6.07, 6.45) is 4.69. The van der Waals surface area contributed by atoms with E-state index in [1.165, 1.54) is 19.3 Å². The molecule has 1 aromatic rings. The van der Waals surface area contributed by atoms with Gasteiger partial charge in [0.1, 0.15) is 5.82 Å². The smallest absolute Gasteiger partial charge is 0.128 e. The number of halogens is 1. The van der Waals surface area contributed by atoms with E-state index in [1.807, 2.05) is 19.1 Å². The first-order valence-electron chi connectivity index (χ1n) is 7.93. The van der Waals surface area contributed by atoms with Crippen molar-refractivity contribution in [2.75, 3.05) is 26.2 Å². The van der Waals surface area contributed by atoms with Gasteiger partial charge in [0.25, 0.3) is 0 Å². The molecule has 1 aromatic carbocycles. The van der Waals surface area contributed by atoms with Gasteiger partial charge < -0.3 is 5.32 Å². The van der Waals surface area contributed by atoms with Gasteiger partial charge in [0, 0.05) is 37.8 Å². The van der Waals surface area contributed by atoms with E-state index in [9.17, 15) is 4.39 Å². The summed E-state index contributed by atoms with van der Waals surface area (Å²) in [7, 11) is 0. The van der Waals surface area contributed by atoms with E-state index >= 15 is 0 Å². The summed E-state index contributed by atoms with van der Waals surface area (Å²) >= 11 is 0. The number of nitrogens with one attached hydrogen (secondary N) is 1. The summed E-state index contributed by atoms with van der Waals surface area (Å²) < 4.78 is 14.3. The molecule has 1 N–H and O–H groups in total. The molecule has 112 valence electrons. The van der Waals surface area contributed by atoms with Gasteiger partial charge in [-0.1, -0.05) is 38.3 Å². The molecule has 1 aliphatic heterocycles. The standard InChI is InChI=1S/C17H27FN2/c1-3-4-5-6-17(20-11-9-19-10-12-20)15-8-7-14(2)13-16(15)18/h7-8,13,17,19H,3-6,9-12H2,1-2H3/t17-/m0/s1. The minimum absolute atomic E-state index is 0.0370. The molecule has 0 spiro atoms. The lowest BCUT2D eigenvalue weighted by Gasteiger charge is -2.35. The first kappa shape index (κ1) is 15.5. The lowest BCUT2D eigenvalue weighted by atomic mass is 9.96. The average Bonchev–Trinajstić information content (AvgIpc) is 2.46. The van der Waals surface area contributed by atoms with Crippen LogP contribution in [0.3, 0.4) is 0 Å². The molecule has 0 bridgehead atoms. The molecular weight excluding hydrogens is 251 g/mol. The monoisotopic (exact) mass is 278 g/mol. The van der Waals surface area contributed by atoms with Gasteiger partial charge in [-0.05, 0) is 25.0 Å². The predicted molar refractivity (Wildman–Crippen MR) is 82.5 cm³/mol. The molecule has 1 heterocycles. The summed E-state index contributed by atoms with van der Waals surface area (Å²) in [5, 5.41) is 3.38. The van der Waals surface area contributed by atoms with E-state index in [1.54, 1.807) is 6.07 Å². The van der Waals surface area contributed by atoms with Crippen molar-refractivity contribution >= 4 is 0 Å². The van der Waals surface area contributed by atoms with E-state index < -0.39 is 0 Å². The highest BCUT2D eigenvalue weighted by atomic mass is 19.1. The Morgan fingerprint density at radius 2 is 2.00 bits per heavy atom. The third-order valence-electron chi connectivity index (χ3n) is 4.19. The summed E-state index contributed by atoms with van der Waals surface area (Å²) in [4.78, 5) is 2.44. The Morgan fingerprint density at radius 1 is 1.25 bits per heavy atom. The van der Waals surface area contributed by atoms with Crippen LogP contribution in [0.15, 0.2) is 18.2 Å². The number of hydrogen-bond acceptors (Lipinski definition) is 2. The van der Waals surface area contributed by atoms with Gasteiger partial charge in [0.2, 0.25) is 0 Å². The van der Waals surface area contributed by atoms with Crippen LogP contribution in [0, 0.1) is 12.7 Å². The van der Waals surface area contributed by atoms with Crippen LogP contribution >= 0.6 is 0 Å². The fraction of sp³-hybridized carbons (Fsp3) is 0.647. The molecule has 1 saturated heterocycles. The van der Waals surface area contributed by atoms with Crippen LogP contribution in [0.2, 0.25) is 0 Å². The Morgan fingerprint density at radius 3 is 2.65 bits per heavy atom. The van der Waals surface area contributed by atoms with Crippen molar-refractivity contribution in [2.45, 2.75) is 45.6 Å². The molecule has 2 rings (SSSR count). The molecule has 0 saturated carbocycles. The SMILES string of the molecule is CCCCC[C@@H](c1ccc(C)cc1F)N1CCNCC1. The lowest BCUT2D eigenvalue weighted by molar-refractivity contribution is 0.159. The maximum absolute atomic E-state index is 14.3. The molecule has 0 unspecified atom stereocenters. The minimum Gasteiger partial charge on any atom is -0.314 e. The highest BCUT2D eigenvalue weighted by molar-refractivity contribution is 5.26. The Labute approximate surface area is 122 Å². The lowest BCUT2D eigenvalue weighted by Crippen LogP contribution is -2.45. The van der Waals surface area contributed by atoms with Crippen LogP contribution in [0.25, 0.3) is 0 Å². The molecule has 1 atom stereocenters. The molecule has 1 aliphatic rings. The van der Waals surface area contributed by atoms with Gasteiger partial charge in [0.05, 0.1) is 0 Å². The largest absolute Gasteiger partial charge is 0.314 e. The van der Waals surface area contributed by atoms with Crippen LogP contribution in [0.4, 0.5) is 4.39 Å². The summed E-state index contributed by atoms with van der Waals surface area (Å²) in [6, 6.07) is 5.94. The maximum atomic E-state index is 14.3. The number of nitrogens with zero attached hydrogens (tertiary/aromatic N) is 1. The van der Waals surface area contributed by atoms with E-state index in [4.69, 9.17) is 0 Å². The average molecular weight is 278 g/mol. The predicted octanol–water partition coefficient (Wildman–Crippen LogP) is 3.66. The molecule has 0 radical (unpaired) electrons. The third-order valence-corrected chi connectivity index (χ3v) is 4.19. The topological polar surface area (TPSA) is 15.3 Å². The quantitative estimate of drug-likeness (QED) is 0.799. The zero-order valence-corrected chi connectivity index (χ0v) is 12.8. The van der Waals surface area contributed by atoms with Gasteiger partial charge in [-0.15, -0.1) is 0 Å². The number of rotatable bonds is 6. The zero-order valence-electron chi connectivity index (χ0n) is 12.8. The molecule has 0 aliphatic carbocycles. The summed E-state index contributed by atoms with van der Waals surface area (Å²) in [5.41, 5.74) is 1.88. The van der Waals surface area contributed by atoms with Crippen LogP contribution in [0.5, 0.6) is 0 Å². The van der Waals surface area contributed by atoms with Crippen LogP contribution in [0.1, 0.15) is 49.8 Å². The summed E-state index contributed by atoms with van der Waals surface area (Å²) in [5.74, 6) is -0.0370. The second kappa shape index (κ2) is 7.75. The van der Waals surface area contributed by atoms with E-state index in [0.29, 0.717) is 0 Å². The van der Waals surface area contributed by atoms with Gasteiger partial charge in [0.15, 0.2) is 0 Å². The molecule has 2 nitrogen and oxygen atoms in total. The number of unbranched alkanes of at least 4 members (excludes halogenated alkanes) is 2. The van der Waals surface area contributed by atoms with Crippen molar-refractivity contribution in [3.8, 4) is 0 Å².